The minimum atomic E-state index is -0.122. The molecule has 3 saturated heterocycles. The first-order chi connectivity index (χ1) is 8.22. The van der Waals surface area contributed by atoms with E-state index in [0.29, 0.717) is 11.7 Å². The van der Waals surface area contributed by atoms with Gasteiger partial charge in [0.1, 0.15) is 11.9 Å². The van der Waals surface area contributed by atoms with E-state index < -0.39 is 0 Å². The van der Waals surface area contributed by atoms with Gasteiger partial charge >= 0.3 is 0 Å². The minimum Gasteiger partial charge on any atom is -0.504 e. The quantitative estimate of drug-likeness (QED) is 0.764. The van der Waals surface area contributed by atoms with Gasteiger partial charge in [0.05, 0.1) is 0 Å². The third-order valence-electron chi connectivity index (χ3n) is 3.83. The van der Waals surface area contributed by atoms with Crippen molar-refractivity contribution in [3.63, 3.8) is 0 Å². The Bertz CT molecular complexity index is 413. The predicted molar refractivity (Wildman–Crippen MR) is 63.4 cm³/mol. The number of nitrogens with zero attached hydrogens (tertiary/aromatic N) is 1. The van der Waals surface area contributed by atoms with Crippen molar-refractivity contribution in [2.75, 3.05) is 19.6 Å². The zero-order valence-electron chi connectivity index (χ0n) is 9.67. The second-order valence-corrected chi connectivity index (χ2v) is 4.94. The molecule has 3 heterocycles. The molecule has 0 aromatic heterocycles. The Hall–Kier alpha value is -1.42. The summed E-state index contributed by atoms with van der Waals surface area (Å²) in [5.41, 5.74) is 0. The number of aromatic hydroxyl groups is 2. The van der Waals surface area contributed by atoms with E-state index in [4.69, 9.17) is 4.74 Å². The van der Waals surface area contributed by atoms with E-state index in [1.54, 1.807) is 6.07 Å². The molecule has 1 aromatic rings. The van der Waals surface area contributed by atoms with Crippen LogP contribution >= 0.6 is 0 Å². The molecule has 1 aromatic carbocycles. The Balaban J connectivity index is 1.72. The summed E-state index contributed by atoms with van der Waals surface area (Å²) in [5.74, 6) is 1.05. The highest BCUT2D eigenvalue weighted by atomic mass is 16.5. The van der Waals surface area contributed by atoms with Crippen LogP contribution in [0.2, 0.25) is 0 Å². The fourth-order valence-corrected chi connectivity index (χ4v) is 2.80. The van der Waals surface area contributed by atoms with Crippen LogP contribution < -0.4 is 4.74 Å². The predicted octanol–water partition coefficient (Wildman–Crippen LogP) is 1.57. The monoisotopic (exact) mass is 235 g/mol. The molecule has 3 fully saturated rings. The van der Waals surface area contributed by atoms with Crippen molar-refractivity contribution in [2.45, 2.75) is 18.9 Å². The second-order valence-electron chi connectivity index (χ2n) is 4.94. The molecule has 0 spiro atoms. The Morgan fingerprint density at radius 3 is 2.47 bits per heavy atom. The lowest BCUT2D eigenvalue weighted by molar-refractivity contribution is -0.00786. The van der Waals surface area contributed by atoms with Gasteiger partial charge < -0.3 is 14.9 Å². The second kappa shape index (κ2) is 4.11. The van der Waals surface area contributed by atoms with Crippen LogP contribution in [0.4, 0.5) is 0 Å². The molecule has 3 aliphatic rings. The van der Waals surface area contributed by atoms with Crippen LogP contribution in [0.25, 0.3) is 0 Å². The summed E-state index contributed by atoms with van der Waals surface area (Å²) >= 11 is 0. The highest BCUT2D eigenvalue weighted by molar-refractivity contribution is 5.43. The van der Waals surface area contributed by atoms with E-state index in [2.05, 4.69) is 4.90 Å². The summed E-state index contributed by atoms with van der Waals surface area (Å²) in [7, 11) is 0. The van der Waals surface area contributed by atoms with Crippen molar-refractivity contribution >= 4 is 0 Å². The molecule has 3 aliphatic heterocycles. The van der Waals surface area contributed by atoms with E-state index in [9.17, 15) is 10.2 Å². The third-order valence-corrected chi connectivity index (χ3v) is 3.83. The third kappa shape index (κ3) is 2.05. The summed E-state index contributed by atoms with van der Waals surface area (Å²) in [6.07, 6.45) is 2.63. The first-order valence-corrected chi connectivity index (χ1v) is 6.13. The Labute approximate surface area is 100 Å². The molecule has 0 radical (unpaired) electrons. The summed E-state index contributed by atoms with van der Waals surface area (Å²) in [6.45, 7) is 3.35. The van der Waals surface area contributed by atoms with Gasteiger partial charge in [-0.2, -0.15) is 0 Å². The van der Waals surface area contributed by atoms with E-state index in [1.807, 2.05) is 0 Å². The van der Waals surface area contributed by atoms with Gasteiger partial charge in [0.2, 0.25) is 0 Å². The molecule has 1 atom stereocenters. The van der Waals surface area contributed by atoms with Gasteiger partial charge in [-0.25, -0.2) is 0 Å². The standard InChI is InChI=1S/C13H17NO3/c15-11-2-1-10(7-12(11)16)17-13-8-14-5-3-9(13)4-6-14/h1-2,7,9,13,15-16H,3-6,8H2/t13-/m0/s1. The summed E-state index contributed by atoms with van der Waals surface area (Å²) in [5, 5.41) is 18.7. The van der Waals surface area contributed by atoms with Crippen molar-refractivity contribution < 1.29 is 14.9 Å². The summed E-state index contributed by atoms with van der Waals surface area (Å²) in [4.78, 5) is 2.42. The average molecular weight is 235 g/mol. The first-order valence-electron chi connectivity index (χ1n) is 6.13. The lowest BCUT2D eigenvalue weighted by atomic mass is 9.86. The SMILES string of the molecule is Oc1ccc(O[C@H]2CN3CCC2CC3)cc1O. The Morgan fingerprint density at radius 2 is 1.88 bits per heavy atom. The van der Waals surface area contributed by atoms with E-state index in [1.165, 1.54) is 38.1 Å². The normalized spacial score (nSPS) is 31.4. The highest BCUT2D eigenvalue weighted by Crippen LogP contribution is 2.33. The van der Waals surface area contributed by atoms with E-state index >= 15 is 0 Å². The zero-order valence-corrected chi connectivity index (χ0v) is 9.67. The van der Waals surface area contributed by atoms with Gasteiger partial charge in [-0.05, 0) is 44.0 Å². The van der Waals surface area contributed by atoms with Crippen LogP contribution in [-0.4, -0.2) is 40.9 Å². The maximum atomic E-state index is 9.42. The molecule has 17 heavy (non-hydrogen) atoms. The molecule has 92 valence electrons. The molecular formula is C13H17NO3. The van der Waals surface area contributed by atoms with Gasteiger partial charge in [0.15, 0.2) is 11.5 Å². The minimum absolute atomic E-state index is 0.105. The van der Waals surface area contributed by atoms with Crippen LogP contribution in [0.5, 0.6) is 17.2 Å². The molecule has 2 bridgehead atoms. The van der Waals surface area contributed by atoms with Gasteiger partial charge in [-0.15, -0.1) is 0 Å². The summed E-state index contributed by atoms with van der Waals surface area (Å²) < 4.78 is 5.91. The molecule has 4 heteroatoms. The molecule has 4 rings (SSSR count). The number of hydrogen-bond donors (Lipinski definition) is 2. The highest BCUT2D eigenvalue weighted by Gasteiger charge is 2.35. The fourth-order valence-electron chi connectivity index (χ4n) is 2.80. The van der Waals surface area contributed by atoms with Crippen molar-refractivity contribution in [1.82, 2.24) is 4.90 Å². The topological polar surface area (TPSA) is 52.9 Å². The molecular weight excluding hydrogens is 218 g/mol. The van der Waals surface area contributed by atoms with Crippen molar-refractivity contribution in [2.24, 2.45) is 5.92 Å². The largest absolute Gasteiger partial charge is 0.504 e. The van der Waals surface area contributed by atoms with E-state index in [0.717, 1.165) is 6.54 Å². The molecule has 0 saturated carbocycles. The van der Waals surface area contributed by atoms with Crippen LogP contribution in [0, 0.1) is 5.92 Å². The van der Waals surface area contributed by atoms with Crippen LogP contribution in [-0.2, 0) is 0 Å². The first kappa shape index (κ1) is 10.7. The Morgan fingerprint density at radius 1 is 1.12 bits per heavy atom. The molecule has 0 amide bonds. The molecule has 2 N–H and O–H groups in total. The number of benzene rings is 1. The van der Waals surface area contributed by atoms with Crippen LogP contribution in [0.1, 0.15) is 12.8 Å². The van der Waals surface area contributed by atoms with Gasteiger partial charge in [0, 0.05) is 12.6 Å². The lowest BCUT2D eigenvalue weighted by Gasteiger charge is -2.44. The zero-order chi connectivity index (χ0) is 11.8. The van der Waals surface area contributed by atoms with Gasteiger partial charge in [-0.1, -0.05) is 0 Å². The molecule has 4 nitrogen and oxygen atoms in total. The summed E-state index contributed by atoms with van der Waals surface area (Å²) in [6, 6.07) is 4.64. The number of ether oxygens (including phenoxy) is 1. The number of hydrogen-bond acceptors (Lipinski definition) is 4. The smallest absolute Gasteiger partial charge is 0.161 e. The maximum Gasteiger partial charge on any atom is 0.161 e. The van der Waals surface area contributed by atoms with Gasteiger partial charge in [0.25, 0.3) is 0 Å². The van der Waals surface area contributed by atoms with Crippen molar-refractivity contribution in [3.8, 4) is 17.2 Å². The Kier molecular flexibility index (Phi) is 2.59. The van der Waals surface area contributed by atoms with Crippen molar-refractivity contribution in [1.29, 1.82) is 0 Å². The van der Waals surface area contributed by atoms with Gasteiger partial charge in [-0.3, -0.25) is 4.90 Å². The van der Waals surface area contributed by atoms with Crippen molar-refractivity contribution in [3.05, 3.63) is 18.2 Å². The number of piperidine rings is 3. The molecule has 0 aliphatic carbocycles. The number of phenols is 2. The van der Waals surface area contributed by atoms with Crippen LogP contribution in [0.3, 0.4) is 0 Å². The molecule has 0 unspecified atom stereocenters. The lowest BCUT2D eigenvalue weighted by Crippen LogP contribution is -2.52. The number of rotatable bonds is 2. The van der Waals surface area contributed by atoms with E-state index in [-0.39, 0.29) is 17.6 Å². The van der Waals surface area contributed by atoms with Crippen LogP contribution in [0.15, 0.2) is 18.2 Å². The number of phenolic OH excluding ortho intramolecular Hbond substituents is 2. The average Bonchev–Trinajstić information content (AvgIpc) is 2.35. The number of fused-ring (bicyclic) bond motifs is 3. The fraction of sp³-hybridized carbons (Fsp3) is 0.538. The maximum absolute atomic E-state index is 9.42.